The summed E-state index contributed by atoms with van der Waals surface area (Å²) < 4.78 is 24.3. The Morgan fingerprint density at radius 3 is 2.62 bits per heavy atom. The molecule has 2 N–H and O–H groups in total. The molecule has 4 rings (SSSR count). The van der Waals surface area contributed by atoms with Gasteiger partial charge in [0.2, 0.25) is 5.91 Å². The maximum atomic E-state index is 14.7. The number of urea groups is 1. The summed E-state index contributed by atoms with van der Waals surface area (Å²) in [5, 5.41) is 6.56. The van der Waals surface area contributed by atoms with Crippen molar-refractivity contribution in [1.29, 1.82) is 0 Å². The third-order valence-corrected chi connectivity index (χ3v) is 6.54. The highest BCUT2D eigenvalue weighted by molar-refractivity contribution is 7.14. The monoisotopic (exact) mass is 526 g/mol. The maximum Gasteiger partial charge on any atom is 0.357 e. The molecule has 0 bridgehead atoms. The van der Waals surface area contributed by atoms with Crippen LogP contribution in [0.2, 0.25) is 0 Å². The molecule has 1 aromatic heterocycles. The van der Waals surface area contributed by atoms with Gasteiger partial charge in [-0.1, -0.05) is 30.3 Å². The first-order valence-corrected chi connectivity index (χ1v) is 12.1. The second-order valence-electron chi connectivity index (χ2n) is 8.04. The second-order valence-corrected chi connectivity index (χ2v) is 8.90. The average Bonchev–Trinajstić information content (AvgIpc) is 3.48. The predicted molar refractivity (Wildman–Crippen MR) is 132 cm³/mol. The fraction of sp³-hybridized carbons (Fsp3) is 0.240. The molecule has 192 valence electrons. The van der Waals surface area contributed by atoms with Crippen molar-refractivity contribution in [2.75, 3.05) is 19.5 Å². The number of carbonyl (C=O) groups excluding carboxylic acids is 4. The van der Waals surface area contributed by atoms with Crippen molar-refractivity contribution in [1.82, 2.24) is 15.2 Å². The van der Waals surface area contributed by atoms with Gasteiger partial charge < -0.3 is 20.1 Å². The van der Waals surface area contributed by atoms with E-state index < -0.39 is 41.7 Å². The fourth-order valence-corrected chi connectivity index (χ4v) is 4.60. The van der Waals surface area contributed by atoms with Crippen LogP contribution >= 0.6 is 11.3 Å². The molecule has 12 heteroatoms. The van der Waals surface area contributed by atoms with E-state index in [0.29, 0.717) is 6.42 Å². The highest BCUT2D eigenvalue weighted by Crippen LogP contribution is 2.29. The Morgan fingerprint density at radius 1 is 1.19 bits per heavy atom. The topological polar surface area (TPSA) is 127 Å². The fourth-order valence-electron chi connectivity index (χ4n) is 3.91. The Hall–Kier alpha value is -4.32. The smallest absolute Gasteiger partial charge is 0.357 e. The molecule has 1 saturated heterocycles. The van der Waals surface area contributed by atoms with E-state index in [2.05, 4.69) is 20.4 Å². The molecule has 0 aliphatic carbocycles. The van der Waals surface area contributed by atoms with Crippen molar-refractivity contribution < 1.29 is 33.0 Å². The number of aromatic nitrogens is 1. The number of benzene rings is 2. The summed E-state index contributed by atoms with van der Waals surface area (Å²) in [5.74, 6) is -2.60. The lowest BCUT2D eigenvalue weighted by Crippen LogP contribution is -2.48. The van der Waals surface area contributed by atoms with Crippen molar-refractivity contribution in [3.63, 3.8) is 0 Å². The summed E-state index contributed by atoms with van der Waals surface area (Å²) >= 11 is 0.991. The standard InChI is InChI=1S/C25H23FN4O6S/c1-35-15-9-10-16(17(26)12-15)20-22(32)30(25(34)28-20)19(11-8-14-6-4-3-5-7-14)21(31)29-24-27-18(13-37-24)23(33)36-2/h3-7,9-10,12-13,19-20H,8,11H2,1-2H3,(H,28,34)(H,27,29,31)/t19-,20+/m0/s1. The van der Waals surface area contributed by atoms with Gasteiger partial charge in [0, 0.05) is 17.0 Å². The first-order valence-electron chi connectivity index (χ1n) is 11.2. The van der Waals surface area contributed by atoms with Gasteiger partial charge in [-0.3, -0.25) is 9.59 Å². The zero-order valence-corrected chi connectivity index (χ0v) is 20.7. The molecule has 2 aromatic carbocycles. The van der Waals surface area contributed by atoms with E-state index in [1.807, 2.05) is 30.3 Å². The van der Waals surface area contributed by atoms with Crippen LogP contribution in [0.1, 0.15) is 34.1 Å². The number of anilines is 1. The minimum absolute atomic E-state index is 0.00803. The summed E-state index contributed by atoms with van der Waals surface area (Å²) in [6, 6.07) is 9.81. The number of thiazole rings is 1. The number of esters is 1. The summed E-state index contributed by atoms with van der Waals surface area (Å²) in [6.07, 6.45) is 0.477. The number of hydrogen-bond acceptors (Lipinski definition) is 8. The molecule has 1 fully saturated rings. The van der Waals surface area contributed by atoms with Crippen LogP contribution in [-0.4, -0.2) is 54.0 Å². The summed E-state index contributed by atoms with van der Waals surface area (Å²) in [4.78, 5) is 56.2. The van der Waals surface area contributed by atoms with Crippen LogP contribution in [0.3, 0.4) is 0 Å². The van der Waals surface area contributed by atoms with Crippen LogP contribution in [0.25, 0.3) is 0 Å². The lowest BCUT2D eigenvalue weighted by atomic mass is 10.0. The number of nitrogens with zero attached hydrogens (tertiary/aromatic N) is 2. The quantitative estimate of drug-likeness (QED) is 0.324. The van der Waals surface area contributed by atoms with Crippen LogP contribution in [0.15, 0.2) is 53.9 Å². The Kier molecular flexibility index (Phi) is 7.77. The minimum atomic E-state index is -1.31. The van der Waals surface area contributed by atoms with E-state index in [1.54, 1.807) is 0 Å². The lowest BCUT2D eigenvalue weighted by molar-refractivity contribution is -0.134. The molecule has 0 radical (unpaired) electrons. The third kappa shape index (κ3) is 5.59. The largest absolute Gasteiger partial charge is 0.497 e. The highest BCUT2D eigenvalue weighted by Gasteiger charge is 2.46. The summed E-state index contributed by atoms with van der Waals surface area (Å²) in [6.45, 7) is 0. The van der Waals surface area contributed by atoms with E-state index in [1.165, 1.54) is 31.7 Å². The lowest BCUT2D eigenvalue weighted by Gasteiger charge is -2.24. The number of rotatable bonds is 9. The van der Waals surface area contributed by atoms with Crippen molar-refractivity contribution >= 4 is 40.3 Å². The van der Waals surface area contributed by atoms with Crippen molar-refractivity contribution in [3.8, 4) is 5.75 Å². The number of carbonyl (C=O) groups is 4. The predicted octanol–water partition coefficient (Wildman–Crippen LogP) is 3.31. The van der Waals surface area contributed by atoms with Gasteiger partial charge in [0.1, 0.15) is 23.7 Å². The molecule has 0 unspecified atom stereocenters. The van der Waals surface area contributed by atoms with Crippen LogP contribution in [0.5, 0.6) is 5.75 Å². The molecule has 2 atom stereocenters. The summed E-state index contributed by atoms with van der Waals surface area (Å²) in [7, 11) is 2.59. The molecule has 0 spiro atoms. The van der Waals surface area contributed by atoms with Crippen molar-refractivity contribution in [2.45, 2.75) is 24.9 Å². The Morgan fingerprint density at radius 2 is 1.95 bits per heavy atom. The van der Waals surface area contributed by atoms with Gasteiger partial charge in [0.05, 0.1) is 14.2 Å². The molecule has 1 aliphatic rings. The van der Waals surface area contributed by atoms with E-state index in [0.717, 1.165) is 27.9 Å². The van der Waals surface area contributed by atoms with Gasteiger partial charge >= 0.3 is 12.0 Å². The number of nitrogens with one attached hydrogen (secondary N) is 2. The van der Waals surface area contributed by atoms with Gasteiger partial charge in [-0.05, 0) is 30.5 Å². The molecule has 4 amide bonds. The molecular formula is C25H23FN4O6S. The SMILES string of the molecule is COC(=O)c1csc(NC(=O)[C@H](CCc2ccccc2)N2C(=O)N[C@H](c3ccc(OC)cc3F)C2=O)n1. The van der Waals surface area contributed by atoms with Crippen molar-refractivity contribution in [3.05, 3.63) is 76.5 Å². The van der Waals surface area contributed by atoms with Gasteiger partial charge in [-0.2, -0.15) is 0 Å². The third-order valence-electron chi connectivity index (χ3n) is 5.78. The number of ether oxygens (including phenoxy) is 2. The molecule has 0 saturated carbocycles. The Bertz CT molecular complexity index is 1330. The zero-order valence-electron chi connectivity index (χ0n) is 19.9. The molecular weight excluding hydrogens is 503 g/mol. The van der Waals surface area contributed by atoms with E-state index in [4.69, 9.17) is 4.74 Å². The average molecular weight is 527 g/mol. The molecule has 37 heavy (non-hydrogen) atoms. The van der Waals surface area contributed by atoms with Gasteiger partial charge in [-0.25, -0.2) is 23.9 Å². The summed E-state index contributed by atoms with van der Waals surface area (Å²) in [5.41, 5.74) is 0.854. The number of halogens is 1. The first-order chi connectivity index (χ1) is 17.8. The van der Waals surface area contributed by atoms with E-state index >= 15 is 0 Å². The van der Waals surface area contributed by atoms with E-state index in [-0.39, 0.29) is 28.6 Å². The number of methoxy groups -OCH3 is 2. The molecule has 1 aliphatic heterocycles. The molecule has 3 aromatic rings. The first kappa shape index (κ1) is 25.8. The van der Waals surface area contributed by atoms with Gasteiger partial charge in [0.15, 0.2) is 10.8 Å². The minimum Gasteiger partial charge on any atom is -0.497 e. The number of imide groups is 1. The van der Waals surface area contributed by atoms with Crippen LogP contribution < -0.4 is 15.4 Å². The van der Waals surface area contributed by atoms with Crippen LogP contribution in [0.4, 0.5) is 14.3 Å². The van der Waals surface area contributed by atoms with E-state index in [9.17, 15) is 23.6 Å². The molecule has 2 heterocycles. The maximum absolute atomic E-state index is 14.7. The van der Waals surface area contributed by atoms with Crippen LogP contribution in [0, 0.1) is 5.82 Å². The molecule has 10 nitrogen and oxygen atoms in total. The van der Waals surface area contributed by atoms with Gasteiger partial charge in [-0.15, -0.1) is 11.3 Å². The Labute approximate surface area is 215 Å². The van der Waals surface area contributed by atoms with Crippen molar-refractivity contribution in [2.24, 2.45) is 0 Å². The highest BCUT2D eigenvalue weighted by atomic mass is 32.1. The van der Waals surface area contributed by atoms with Crippen LogP contribution in [-0.2, 0) is 20.7 Å². The Balaban J connectivity index is 1.60. The number of hydrogen-bond donors (Lipinski definition) is 2. The number of amides is 4. The van der Waals surface area contributed by atoms with Gasteiger partial charge in [0.25, 0.3) is 5.91 Å². The normalized spacial score (nSPS) is 15.8. The number of aryl methyl sites for hydroxylation is 1. The second kappa shape index (κ2) is 11.2. The zero-order chi connectivity index (χ0) is 26.5.